The molecule has 3 N–H and O–H groups in total. The van der Waals surface area contributed by atoms with Gasteiger partial charge in [0.1, 0.15) is 0 Å². The van der Waals surface area contributed by atoms with Crippen LogP contribution in [0.5, 0.6) is 0 Å². The fraction of sp³-hybridized carbons (Fsp3) is 0.458. The van der Waals surface area contributed by atoms with Crippen LogP contribution >= 0.6 is 24.0 Å². The fourth-order valence-electron chi connectivity index (χ4n) is 3.59. The van der Waals surface area contributed by atoms with Gasteiger partial charge in [0, 0.05) is 43.0 Å². The van der Waals surface area contributed by atoms with Crippen molar-refractivity contribution in [1.29, 1.82) is 0 Å². The topological polar surface area (TPSA) is 81.6 Å². The molecule has 1 atom stereocenters. The second-order valence-corrected chi connectivity index (χ2v) is 8.98. The number of hydrogen-bond donors (Lipinski definition) is 3. The van der Waals surface area contributed by atoms with Crippen molar-refractivity contribution >= 4 is 41.7 Å². The SMILES string of the molecule is CCNC(=NCc1cccc(C(=O)NC(C)(C)C)c1)NC1CCN(c2ncccc2F)C1.I. The average molecular weight is 568 g/mol. The van der Waals surface area contributed by atoms with E-state index in [2.05, 4.69) is 20.9 Å². The Balaban J connectivity index is 0.00000385. The second kappa shape index (κ2) is 12.2. The third-order valence-corrected chi connectivity index (χ3v) is 5.01. The zero-order chi connectivity index (χ0) is 23.1. The Morgan fingerprint density at radius 2 is 2.06 bits per heavy atom. The minimum atomic E-state index is -0.302. The molecule has 7 nitrogen and oxygen atoms in total. The Bertz CT molecular complexity index is 962. The van der Waals surface area contributed by atoms with Gasteiger partial charge >= 0.3 is 0 Å². The van der Waals surface area contributed by atoms with Gasteiger partial charge in [0.05, 0.1) is 6.54 Å². The summed E-state index contributed by atoms with van der Waals surface area (Å²) in [6, 6.07) is 10.7. The van der Waals surface area contributed by atoms with Gasteiger partial charge in [-0.1, -0.05) is 12.1 Å². The van der Waals surface area contributed by atoms with Crippen molar-refractivity contribution in [2.45, 2.75) is 52.2 Å². The molecule has 1 fully saturated rings. The van der Waals surface area contributed by atoms with Crippen LogP contribution in [0.4, 0.5) is 10.2 Å². The van der Waals surface area contributed by atoms with Crippen molar-refractivity contribution in [2.75, 3.05) is 24.5 Å². The number of halogens is 2. The molecule has 1 aliphatic rings. The molecule has 180 valence electrons. The van der Waals surface area contributed by atoms with Gasteiger partial charge < -0.3 is 20.9 Å². The largest absolute Gasteiger partial charge is 0.357 e. The van der Waals surface area contributed by atoms with Gasteiger partial charge in [-0.15, -0.1) is 24.0 Å². The second-order valence-electron chi connectivity index (χ2n) is 8.98. The van der Waals surface area contributed by atoms with Gasteiger partial charge in [0.25, 0.3) is 5.91 Å². The summed E-state index contributed by atoms with van der Waals surface area (Å²) in [7, 11) is 0. The Morgan fingerprint density at radius 3 is 2.76 bits per heavy atom. The summed E-state index contributed by atoms with van der Waals surface area (Å²) < 4.78 is 14.1. The van der Waals surface area contributed by atoms with Crippen molar-refractivity contribution in [3.8, 4) is 0 Å². The number of rotatable bonds is 6. The molecule has 0 spiro atoms. The molecular formula is C24H34FIN6O. The summed E-state index contributed by atoms with van der Waals surface area (Å²) in [6.45, 7) is 10.4. The number of carbonyl (C=O) groups is 1. The molecule has 1 aromatic heterocycles. The highest BCUT2D eigenvalue weighted by Crippen LogP contribution is 2.20. The van der Waals surface area contributed by atoms with Crippen LogP contribution in [0.15, 0.2) is 47.6 Å². The van der Waals surface area contributed by atoms with E-state index in [1.54, 1.807) is 12.3 Å². The van der Waals surface area contributed by atoms with E-state index in [4.69, 9.17) is 4.99 Å². The lowest BCUT2D eigenvalue weighted by Gasteiger charge is -2.20. The first-order valence-corrected chi connectivity index (χ1v) is 11.1. The fourth-order valence-corrected chi connectivity index (χ4v) is 3.59. The summed E-state index contributed by atoms with van der Waals surface area (Å²) >= 11 is 0. The number of benzene rings is 1. The third kappa shape index (κ3) is 8.13. The molecule has 0 aliphatic carbocycles. The predicted octanol–water partition coefficient (Wildman–Crippen LogP) is 3.70. The van der Waals surface area contributed by atoms with Crippen LogP contribution in [0.1, 0.15) is 50.0 Å². The standard InChI is InChI=1S/C24H33FN6O.HI/c1-5-26-23(29-19-11-13-31(16-19)21-20(25)10-7-12-27-21)28-15-17-8-6-9-18(14-17)22(32)30-24(2,3)4;/h6-10,12,14,19H,5,11,13,15-16H2,1-4H3,(H,30,32)(H2,26,28,29);1H. The number of pyridine rings is 1. The summed E-state index contributed by atoms with van der Waals surface area (Å²) in [5.74, 6) is 0.694. The van der Waals surface area contributed by atoms with E-state index >= 15 is 0 Å². The number of anilines is 1. The number of aliphatic imine (C=N–C) groups is 1. The van der Waals surface area contributed by atoms with Crippen LogP contribution in [0, 0.1) is 5.82 Å². The van der Waals surface area contributed by atoms with E-state index in [0.717, 1.165) is 25.1 Å². The number of hydrogen-bond acceptors (Lipinski definition) is 4. The van der Waals surface area contributed by atoms with Crippen molar-refractivity contribution in [3.05, 3.63) is 59.5 Å². The lowest BCUT2D eigenvalue weighted by Crippen LogP contribution is -2.44. The number of nitrogens with zero attached hydrogens (tertiary/aromatic N) is 3. The molecule has 0 saturated carbocycles. The minimum absolute atomic E-state index is 0. The normalized spacial score (nSPS) is 16.2. The minimum Gasteiger partial charge on any atom is -0.357 e. The van der Waals surface area contributed by atoms with Crippen LogP contribution in [0.3, 0.4) is 0 Å². The number of carbonyl (C=O) groups excluding carboxylic acids is 1. The van der Waals surface area contributed by atoms with Crippen LogP contribution in [0.2, 0.25) is 0 Å². The predicted molar refractivity (Wildman–Crippen MR) is 142 cm³/mol. The van der Waals surface area contributed by atoms with Crippen molar-refractivity contribution in [2.24, 2.45) is 4.99 Å². The lowest BCUT2D eigenvalue weighted by molar-refractivity contribution is 0.0919. The van der Waals surface area contributed by atoms with Gasteiger partial charge in [0.2, 0.25) is 0 Å². The molecule has 3 rings (SSSR count). The van der Waals surface area contributed by atoms with E-state index in [1.807, 2.05) is 56.9 Å². The molecule has 1 saturated heterocycles. The first-order valence-electron chi connectivity index (χ1n) is 11.1. The van der Waals surface area contributed by atoms with Crippen LogP contribution in [0.25, 0.3) is 0 Å². The van der Waals surface area contributed by atoms with E-state index in [-0.39, 0.29) is 47.3 Å². The summed E-state index contributed by atoms with van der Waals surface area (Å²) in [5, 5.41) is 9.69. The molecule has 1 aliphatic heterocycles. The molecule has 2 heterocycles. The molecule has 33 heavy (non-hydrogen) atoms. The van der Waals surface area contributed by atoms with E-state index in [1.165, 1.54) is 6.07 Å². The highest BCUT2D eigenvalue weighted by molar-refractivity contribution is 14.0. The quantitative estimate of drug-likeness (QED) is 0.282. The van der Waals surface area contributed by atoms with Crippen molar-refractivity contribution in [3.63, 3.8) is 0 Å². The van der Waals surface area contributed by atoms with Crippen LogP contribution < -0.4 is 20.9 Å². The number of amides is 1. The molecule has 1 unspecified atom stereocenters. The average Bonchev–Trinajstić information content (AvgIpc) is 3.20. The maximum Gasteiger partial charge on any atom is 0.251 e. The Morgan fingerprint density at radius 1 is 1.27 bits per heavy atom. The zero-order valence-electron chi connectivity index (χ0n) is 19.7. The highest BCUT2D eigenvalue weighted by atomic mass is 127. The molecule has 0 bridgehead atoms. The molecular weight excluding hydrogens is 534 g/mol. The van der Waals surface area contributed by atoms with E-state index < -0.39 is 0 Å². The van der Waals surface area contributed by atoms with Crippen molar-refractivity contribution in [1.82, 2.24) is 20.9 Å². The van der Waals surface area contributed by atoms with Gasteiger partial charge in [0.15, 0.2) is 17.6 Å². The monoisotopic (exact) mass is 568 g/mol. The van der Waals surface area contributed by atoms with E-state index in [0.29, 0.717) is 30.4 Å². The number of guanidine groups is 1. The summed E-state index contributed by atoms with van der Waals surface area (Å²) in [6.07, 6.45) is 2.48. The lowest BCUT2D eigenvalue weighted by atomic mass is 10.1. The van der Waals surface area contributed by atoms with E-state index in [9.17, 15) is 9.18 Å². The molecule has 9 heteroatoms. The maximum atomic E-state index is 14.1. The summed E-state index contributed by atoms with van der Waals surface area (Å²) in [4.78, 5) is 23.3. The molecule has 0 radical (unpaired) electrons. The zero-order valence-corrected chi connectivity index (χ0v) is 22.0. The van der Waals surface area contributed by atoms with Crippen molar-refractivity contribution < 1.29 is 9.18 Å². The van der Waals surface area contributed by atoms with Crippen LogP contribution in [-0.4, -0.2) is 48.1 Å². The van der Waals surface area contributed by atoms with Gasteiger partial charge in [-0.2, -0.15) is 0 Å². The van der Waals surface area contributed by atoms with Crippen LogP contribution in [-0.2, 0) is 6.54 Å². The number of aromatic nitrogens is 1. The summed E-state index contributed by atoms with van der Waals surface area (Å²) in [5.41, 5.74) is 1.28. The van der Waals surface area contributed by atoms with Gasteiger partial charge in [-0.3, -0.25) is 4.79 Å². The molecule has 1 aromatic carbocycles. The third-order valence-electron chi connectivity index (χ3n) is 5.01. The smallest absolute Gasteiger partial charge is 0.251 e. The Labute approximate surface area is 212 Å². The first-order chi connectivity index (χ1) is 15.2. The molecule has 1 amide bonds. The maximum absolute atomic E-state index is 14.1. The van der Waals surface area contributed by atoms with Gasteiger partial charge in [-0.05, 0) is 63.9 Å². The first kappa shape index (κ1) is 26.8. The molecule has 2 aromatic rings. The van der Waals surface area contributed by atoms with Gasteiger partial charge in [-0.25, -0.2) is 14.4 Å². The highest BCUT2D eigenvalue weighted by Gasteiger charge is 2.26. The Hall–Kier alpha value is -2.43. The number of nitrogens with one attached hydrogen (secondary N) is 3. The Kier molecular flexibility index (Phi) is 9.87.